The Hall–Kier alpha value is -1.92. The van der Waals surface area contributed by atoms with Crippen LogP contribution in [0.25, 0.3) is 0 Å². The van der Waals surface area contributed by atoms with Gasteiger partial charge in [-0.2, -0.15) is 0 Å². The van der Waals surface area contributed by atoms with E-state index in [0.29, 0.717) is 26.2 Å². The molecule has 2 rings (SSSR count). The predicted molar refractivity (Wildman–Crippen MR) is 81.4 cm³/mol. The molecule has 1 saturated heterocycles. The Kier molecular flexibility index (Phi) is 5.51. The van der Waals surface area contributed by atoms with Crippen molar-refractivity contribution in [3.8, 4) is 5.75 Å². The van der Waals surface area contributed by atoms with Gasteiger partial charge in [-0.1, -0.05) is 12.1 Å². The molecule has 1 aliphatic rings. The van der Waals surface area contributed by atoms with Crippen LogP contribution in [0, 0.1) is 0 Å². The smallest absolute Gasteiger partial charge is 0.228 e. The second kappa shape index (κ2) is 7.38. The minimum Gasteiger partial charge on any atom is -0.494 e. The van der Waals surface area contributed by atoms with Crippen LogP contribution in [-0.2, 0) is 20.7 Å². The molecule has 0 bridgehead atoms. The molecule has 1 aromatic carbocycles. The van der Waals surface area contributed by atoms with Crippen molar-refractivity contribution in [2.24, 2.45) is 5.73 Å². The molecule has 22 heavy (non-hydrogen) atoms. The van der Waals surface area contributed by atoms with Gasteiger partial charge in [0, 0.05) is 12.8 Å². The quantitative estimate of drug-likeness (QED) is 0.777. The number of hydrogen-bond donors (Lipinski definition) is 2. The summed E-state index contributed by atoms with van der Waals surface area (Å²) in [6.45, 7) is 3.27. The average Bonchev–Trinajstić information content (AvgIpc) is 2.45. The summed E-state index contributed by atoms with van der Waals surface area (Å²) in [5, 5.41) is 2.37. The number of carbonyl (C=O) groups is 2. The number of carbonyl (C=O) groups excluding carboxylic acids is 2. The SMILES string of the molecule is CCOc1ccc(CCC(=O)NC(=O)CC2(N)COC2)cc1. The summed E-state index contributed by atoms with van der Waals surface area (Å²) >= 11 is 0. The lowest BCUT2D eigenvalue weighted by atomic mass is 9.94. The standard InChI is InChI=1S/C16H22N2O4/c1-2-22-13-6-3-12(4-7-13)5-8-14(19)18-15(20)9-16(17)10-21-11-16/h3-4,6-7H,2,5,8-11,17H2,1H3,(H,18,19,20). The van der Waals surface area contributed by atoms with Gasteiger partial charge >= 0.3 is 0 Å². The van der Waals surface area contributed by atoms with E-state index in [1.54, 1.807) is 0 Å². The minimum absolute atomic E-state index is 0.113. The molecule has 6 nitrogen and oxygen atoms in total. The lowest BCUT2D eigenvalue weighted by molar-refractivity contribution is -0.134. The van der Waals surface area contributed by atoms with Crippen molar-refractivity contribution < 1.29 is 19.1 Å². The molecule has 120 valence electrons. The number of hydrogen-bond acceptors (Lipinski definition) is 5. The molecule has 1 aromatic rings. The van der Waals surface area contributed by atoms with E-state index in [4.69, 9.17) is 15.2 Å². The average molecular weight is 306 g/mol. The summed E-state index contributed by atoms with van der Waals surface area (Å²) in [6, 6.07) is 7.58. The Labute approximate surface area is 130 Å². The molecule has 2 amide bonds. The van der Waals surface area contributed by atoms with Gasteiger partial charge in [0.1, 0.15) is 5.75 Å². The first-order valence-electron chi connectivity index (χ1n) is 7.42. The fourth-order valence-corrected chi connectivity index (χ4v) is 2.23. The largest absolute Gasteiger partial charge is 0.494 e. The second-order valence-electron chi connectivity index (χ2n) is 5.58. The molecule has 1 fully saturated rings. The number of ether oxygens (including phenoxy) is 2. The highest BCUT2D eigenvalue weighted by atomic mass is 16.5. The first kappa shape index (κ1) is 16.5. The number of nitrogens with one attached hydrogen (secondary N) is 1. The van der Waals surface area contributed by atoms with Crippen molar-refractivity contribution in [2.45, 2.75) is 31.7 Å². The molecule has 0 unspecified atom stereocenters. The van der Waals surface area contributed by atoms with Gasteiger partial charge in [-0.15, -0.1) is 0 Å². The van der Waals surface area contributed by atoms with Crippen LogP contribution in [0.4, 0.5) is 0 Å². The summed E-state index contributed by atoms with van der Waals surface area (Å²) in [7, 11) is 0. The Morgan fingerprint density at radius 1 is 1.27 bits per heavy atom. The highest BCUT2D eigenvalue weighted by Gasteiger charge is 2.36. The second-order valence-corrected chi connectivity index (χ2v) is 5.58. The molecule has 0 spiro atoms. The van der Waals surface area contributed by atoms with E-state index < -0.39 is 5.54 Å². The maximum Gasteiger partial charge on any atom is 0.228 e. The minimum atomic E-state index is -0.612. The van der Waals surface area contributed by atoms with Crippen molar-refractivity contribution in [3.63, 3.8) is 0 Å². The summed E-state index contributed by atoms with van der Waals surface area (Å²) in [5.41, 5.74) is 6.28. The fourth-order valence-electron chi connectivity index (χ4n) is 2.23. The Balaban J connectivity index is 1.71. The van der Waals surface area contributed by atoms with Gasteiger partial charge in [0.25, 0.3) is 0 Å². The molecule has 0 atom stereocenters. The van der Waals surface area contributed by atoms with Gasteiger partial charge in [0.05, 0.1) is 25.4 Å². The van der Waals surface area contributed by atoms with E-state index in [0.717, 1.165) is 11.3 Å². The maximum atomic E-state index is 11.8. The van der Waals surface area contributed by atoms with Crippen LogP contribution in [0.15, 0.2) is 24.3 Å². The summed E-state index contributed by atoms with van der Waals surface area (Å²) in [6.07, 6.45) is 0.942. The Morgan fingerprint density at radius 2 is 1.95 bits per heavy atom. The van der Waals surface area contributed by atoms with Gasteiger partial charge in [-0.05, 0) is 31.0 Å². The zero-order valence-corrected chi connectivity index (χ0v) is 12.8. The van der Waals surface area contributed by atoms with Gasteiger partial charge in [0.15, 0.2) is 0 Å². The molecular formula is C16H22N2O4. The topological polar surface area (TPSA) is 90.7 Å². The molecule has 0 radical (unpaired) electrons. The summed E-state index contributed by atoms with van der Waals surface area (Å²) < 4.78 is 10.3. The van der Waals surface area contributed by atoms with E-state index in [-0.39, 0.29) is 24.7 Å². The highest BCUT2D eigenvalue weighted by molar-refractivity contribution is 5.95. The van der Waals surface area contributed by atoms with Crippen molar-refractivity contribution in [1.82, 2.24) is 5.32 Å². The first-order chi connectivity index (χ1) is 10.5. The molecule has 1 heterocycles. The van der Waals surface area contributed by atoms with E-state index in [9.17, 15) is 9.59 Å². The first-order valence-corrected chi connectivity index (χ1v) is 7.42. The third-order valence-electron chi connectivity index (χ3n) is 3.45. The van der Waals surface area contributed by atoms with Crippen LogP contribution in [0.5, 0.6) is 5.75 Å². The van der Waals surface area contributed by atoms with E-state index in [1.165, 1.54) is 0 Å². The summed E-state index contributed by atoms with van der Waals surface area (Å²) in [5.74, 6) is 0.173. The lowest BCUT2D eigenvalue weighted by Gasteiger charge is -2.36. The molecule has 6 heteroatoms. The third-order valence-corrected chi connectivity index (χ3v) is 3.45. The fraction of sp³-hybridized carbons (Fsp3) is 0.500. The number of imide groups is 1. The van der Waals surface area contributed by atoms with E-state index in [1.807, 2.05) is 31.2 Å². The van der Waals surface area contributed by atoms with Crippen LogP contribution < -0.4 is 15.8 Å². The maximum absolute atomic E-state index is 11.8. The predicted octanol–water partition coefficient (Wildman–Crippen LogP) is 0.778. The van der Waals surface area contributed by atoms with E-state index >= 15 is 0 Å². The number of nitrogens with two attached hydrogens (primary N) is 1. The Bertz CT molecular complexity index is 523. The highest BCUT2D eigenvalue weighted by Crippen LogP contribution is 2.17. The van der Waals surface area contributed by atoms with Crippen molar-refractivity contribution >= 4 is 11.8 Å². The molecular weight excluding hydrogens is 284 g/mol. The molecule has 1 aliphatic heterocycles. The molecule has 3 N–H and O–H groups in total. The van der Waals surface area contributed by atoms with Gasteiger partial charge in [0.2, 0.25) is 11.8 Å². The van der Waals surface area contributed by atoms with Crippen molar-refractivity contribution in [1.29, 1.82) is 0 Å². The normalized spacial score (nSPS) is 15.7. The van der Waals surface area contributed by atoms with Gasteiger partial charge in [-0.25, -0.2) is 0 Å². The molecule has 0 aliphatic carbocycles. The van der Waals surface area contributed by atoms with Gasteiger partial charge < -0.3 is 15.2 Å². The van der Waals surface area contributed by atoms with Crippen LogP contribution >= 0.6 is 0 Å². The summed E-state index contributed by atoms with van der Waals surface area (Å²) in [4.78, 5) is 23.5. The van der Waals surface area contributed by atoms with Crippen LogP contribution in [0.2, 0.25) is 0 Å². The van der Waals surface area contributed by atoms with Crippen LogP contribution in [0.3, 0.4) is 0 Å². The monoisotopic (exact) mass is 306 g/mol. The van der Waals surface area contributed by atoms with Crippen molar-refractivity contribution in [3.05, 3.63) is 29.8 Å². The van der Waals surface area contributed by atoms with Crippen LogP contribution in [-0.4, -0.2) is 37.2 Å². The number of aryl methyl sites for hydroxylation is 1. The zero-order chi connectivity index (χ0) is 16.0. The van der Waals surface area contributed by atoms with E-state index in [2.05, 4.69) is 5.32 Å². The number of rotatable bonds is 7. The van der Waals surface area contributed by atoms with Gasteiger partial charge in [-0.3, -0.25) is 14.9 Å². The van der Waals surface area contributed by atoms with Crippen molar-refractivity contribution in [2.75, 3.05) is 19.8 Å². The Morgan fingerprint density at radius 3 is 2.50 bits per heavy atom. The third kappa shape index (κ3) is 4.82. The van der Waals surface area contributed by atoms with Crippen LogP contribution in [0.1, 0.15) is 25.3 Å². The zero-order valence-electron chi connectivity index (χ0n) is 12.8. The number of benzene rings is 1. The number of amides is 2. The lowest BCUT2D eigenvalue weighted by Crippen LogP contribution is -2.59. The molecule has 0 saturated carbocycles. The molecule has 0 aromatic heterocycles.